The summed E-state index contributed by atoms with van der Waals surface area (Å²) in [7, 11) is 1.75. The Bertz CT molecular complexity index is 955. The molecule has 0 spiro atoms. The van der Waals surface area contributed by atoms with Gasteiger partial charge in [0.2, 0.25) is 0 Å². The summed E-state index contributed by atoms with van der Waals surface area (Å²) in [5.74, 6) is 0. The number of ether oxygens (including phenoxy) is 1. The van der Waals surface area contributed by atoms with Crippen molar-refractivity contribution in [2.24, 2.45) is 4.99 Å². The molecule has 5 nitrogen and oxygen atoms in total. The van der Waals surface area contributed by atoms with Crippen molar-refractivity contribution >= 4 is 23.7 Å². The summed E-state index contributed by atoms with van der Waals surface area (Å²) in [4.78, 5) is 18.9. The average molecular weight is 404 g/mol. The first-order valence-corrected chi connectivity index (χ1v) is 10.1. The van der Waals surface area contributed by atoms with E-state index in [0.717, 1.165) is 41.1 Å². The van der Waals surface area contributed by atoms with Crippen molar-refractivity contribution in [3.05, 3.63) is 83.7 Å². The zero-order valence-electron chi connectivity index (χ0n) is 18.1. The molecule has 156 valence electrons. The fourth-order valence-corrected chi connectivity index (χ4v) is 3.20. The van der Waals surface area contributed by atoms with E-state index in [1.54, 1.807) is 11.9 Å². The lowest BCUT2D eigenvalue weighted by molar-refractivity contribution is 0.0357. The fraction of sp³-hybridized carbons (Fsp3) is 0.280. The summed E-state index contributed by atoms with van der Waals surface area (Å²) < 4.78 is 5.59. The summed E-state index contributed by atoms with van der Waals surface area (Å²) in [6.45, 7) is 5.60. The highest BCUT2D eigenvalue weighted by atomic mass is 16.6. The molecule has 2 aromatic rings. The SMILES string of the molecule is CN(C(=O)OC(C)(C)C)C1=C(C=Nc2ccccc2)CC/C1=C\Nc1ccccc1. The van der Waals surface area contributed by atoms with Gasteiger partial charge in [-0.3, -0.25) is 9.89 Å². The van der Waals surface area contributed by atoms with Crippen LogP contribution in [0, 0.1) is 0 Å². The lowest BCUT2D eigenvalue weighted by atomic mass is 10.2. The van der Waals surface area contributed by atoms with Crippen molar-refractivity contribution in [2.45, 2.75) is 39.2 Å². The van der Waals surface area contributed by atoms with Crippen molar-refractivity contribution in [1.82, 2.24) is 4.90 Å². The Hall–Kier alpha value is -3.34. The number of nitrogens with zero attached hydrogens (tertiary/aromatic N) is 2. The van der Waals surface area contributed by atoms with Crippen LogP contribution in [0.5, 0.6) is 0 Å². The average Bonchev–Trinajstić information content (AvgIpc) is 3.13. The molecular weight excluding hydrogens is 374 g/mol. The molecule has 0 radical (unpaired) electrons. The van der Waals surface area contributed by atoms with Gasteiger partial charge in [-0.25, -0.2) is 4.79 Å². The quantitative estimate of drug-likeness (QED) is 0.596. The molecule has 0 unspecified atom stereocenters. The predicted octanol–water partition coefficient (Wildman–Crippen LogP) is 6.30. The second kappa shape index (κ2) is 9.44. The Balaban J connectivity index is 1.91. The minimum absolute atomic E-state index is 0.379. The summed E-state index contributed by atoms with van der Waals surface area (Å²) in [5.41, 5.74) is 4.21. The van der Waals surface area contributed by atoms with Gasteiger partial charge in [-0.1, -0.05) is 36.4 Å². The van der Waals surface area contributed by atoms with Gasteiger partial charge in [-0.15, -0.1) is 0 Å². The minimum Gasteiger partial charge on any atom is -0.443 e. The molecule has 0 aromatic heterocycles. The zero-order valence-corrected chi connectivity index (χ0v) is 18.1. The van der Waals surface area contributed by atoms with E-state index in [9.17, 15) is 4.79 Å². The van der Waals surface area contributed by atoms with Crippen LogP contribution < -0.4 is 5.32 Å². The molecule has 1 N–H and O–H groups in total. The molecular formula is C25H29N3O2. The van der Waals surface area contributed by atoms with Gasteiger partial charge in [0.15, 0.2) is 0 Å². The number of rotatable bonds is 5. The van der Waals surface area contributed by atoms with Gasteiger partial charge in [0.05, 0.1) is 11.4 Å². The smallest absolute Gasteiger partial charge is 0.414 e. The third-order valence-corrected chi connectivity index (χ3v) is 4.59. The largest absolute Gasteiger partial charge is 0.443 e. The third kappa shape index (κ3) is 5.83. The molecule has 1 aliphatic rings. The van der Waals surface area contributed by atoms with Gasteiger partial charge in [0, 0.05) is 25.1 Å². The van der Waals surface area contributed by atoms with E-state index >= 15 is 0 Å². The Morgan fingerprint density at radius 3 is 2.30 bits per heavy atom. The molecule has 0 heterocycles. The Morgan fingerprint density at radius 2 is 1.67 bits per heavy atom. The van der Waals surface area contributed by atoms with E-state index in [-0.39, 0.29) is 6.09 Å². The maximum absolute atomic E-state index is 12.8. The summed E-state index contributed by atoms with van der Waals surface area (Å²) in [6.07, 6.45) is 5.07. The topological polar surface area (TPSA) is 53.9 Å². The normalized spacial score (nSPS) is 15.7. The lowest BCUT2D eigenvalue weighted by Gasteiger charge is -2.26. The van der Waals surface area contributed by atoms with Crippen LogP contribution in [-0.2, 0) is 4.74 Å². The monoisotopic (exact) mass is 403 g/mol. The van der Waals surface area contributed by atoms with Crippen molar-refractivity contribution in [3.8, 4) is 0 Å². The maximum Gasteiger partial charge on any atom is 0.414 e. The van der Waals surface area contributed by atoms with Gasteiger partial charge in [-0.05, 0) is 69.0 Å². The number of hydrogen-bond donors (Lipinski definition) is 1. The number of amides is 1. The highest BCUT2D eigenvalue weighted by Crippen LogP contribution is 2.33. The standard InChI is InChI=1S/C25H29N3O2/c1-25(2,3)30-24(29)28(4)23-19(17-26-21-11-7-5-8-12-21)15-16-20(23)18-27-22-13-9-6-10-14-22/h5-14,17-18,26H,15-16H2,1-4H3/b19-17+,27-18?. The molecule has 30 heavy (non-hydrogen) atoms. The van der Waals surface area contributed by atoms with Crippen LogP contribution in [0.25, 0.3) is 0 Å². The van der Waals surface area contributed by atoms with Gasteiger partial charge < -0.3 is 10.1 Å². The van der Waals surface area contributed by atoms with Gasteiger partial charge in [0.25, 0.3) is 0 Å². The molecule has 0 saturated heterocycles. The Morgan fingerprint density at radius 1 is 1.03 bits per heavy atom. The van der Waals surface area contributed by atoms with Crippen LogP contribution in [0.4, 0.5) is 16.2 Å². The first-order valence-electron chi connectivity index (χ1n) is 10.1. The molecule has 3 rings (SSSR count). The van der Waals surface area contributed by atoms with Crippen LogP contribution in [0.2, 0.25) is 0 Å². The minimum atomic E-state index is -0.561. The van der Waals surface area contributed by atoms with E-state index in [2.05, 4.69) is 10.3 Å². The molecule has 1 amide bonds. The van der Waals surface area contributed by atoms with E-state index in [4.69, 9.17) is 4.74 Å². The second-order valence-electron chi connectivity index (χ2n) is 8.19. The molecule has 0 aliphatic heterocycles. The zero-order chi connectivity index (χ0) is 21.6. The first kappa shape index (κ1) is 21.4. The number of benzene rings is 2. The van der Waals surface area contributed by atoms with Gasteiger partial charge in [0.1, 0.15) is 5.60 Å². The van der Waals surface area contributed by atoms with Crippen molar-refractivity contribution < 1.29 is 9.53 Å². The number of hydrogen-bond acceptors (Lipinski definition) is 4. The number of nitrogens with one attached hydrogen (secondary N) is 1. The second-order valence-corrected chi connectivity index (χ2v) is 8.19. The van der Waals surface area contributed by atoms with E-state index < -0.39 is 5.60 Å². The van der Waals surface area contributed by atoms with Gasteiger partial charge >= 0.3 is 6.09 Å². The van der Waals surface area contributed by atoms with Gasteiger partial charge in [-0.2, -0.15) is 0 Å². The van der Waals surface area contributed by atoms with Crippen LogP contribution in [0.15, 0.2) is 88.7 Å². The summed E-state index contributed by atoms with van der Waals surface area (Å²) in [6, 6.07) is 19.7. The highest BCUT2D eigenvalue weighted by molar-refractivity contribution is 5.86. The Kier molecular flexibility index (Phi) is 6.72. The molecule has 0 bridgehead atoms. The number of anilines is 1. The fourth-order valence-electron chi connectivity index (χ4n) is 3.20. The number of allylic oxidation sites excluding steroid dienone is 2. The van der Waals surface area contributed by atoms with Crippen LogP contribution >= 0.6 is 0 Å². The van der Waals surface area contributed by atoms with Crippen molar-refractivity contribution in [3.63, 3.8) is 0 Å². The Labute approximate surface area is 178 Å². The van der Waals surface area contributed by atoms with E-state index in [1.165, 1.54) is 0 Å². The third-order valence-electron chi connectivity index (χ3n) is 4.59. The molecule has 1 aliphatic carbocycles. The van der Waals surface area contributed by atoms with E-state index in [1.807, 2.05) is 93.8 Å². The molecule has 0 fully saturated rings. The number of carbonyl (C=O) groups excluding carboxylic acids is 1. The summed E-state index contributed by atoms with van der Waals surface area (Å²) in [5, 5.41) is 3.33. The maximum atomic E-state index is 12.8. The highest BCUT2D eigenvalue weighted by Gasteiger charge is 2.28. The van der Waals surface area contributed by atoms with Crippen LogP contribution in [-0.4, -0.2) is 29.9 Å². The number of para-hydroxylation sites is 2. The van der Waals surface area contributed by atoms with Crippen LogP contribution in [0.3, 0.4) is 0 Å². The molecule has 0 saturated carbocycles. The molecule has 0 atom stereocenters. The predicted molar refractivity (Wildman–Crippen MR) is 123 cm³/mol. The summed E-state index contributed by atoms with van der Waals surface area (Å²) >= 11 is 0. The van der Waals surface area contributed by atoms with Crippen LogP contribution in [0.1, 0.15) is 33.6 Å². The van der Waals surface area contributed by atoms with Crippen molar-refractivity contribution in [2.75, 3.05) is 12.4 Å². The van der Waals surface area contributed by atoms with E-state index in [0.29, 0.717) is 0 Å². The molecule has 5 heteroatoms. The lowest BCUT2D eigenvalue weighted by Crippen LogP contribution is -2.34. The molecule has 2 aromatic carbocycles. The number of likely N-dealkylation sites (N-methyl/N-ethyl adjacent to an activating group) is 1. The number of aliphatic imine (C=N–C) groups is 1. The first-order chi connectivity index (χ1) is 14.3. The van der Waals surface area contributed by atoms with Crippen molar-refractivity contribution in [1.29, 1.82) is 0 Å². The number of carbonyl (C=O) groups is 1.